The predicted molar refractivity (Wildman–Crippen MR) is 75.4 cm³/mol. The highest BCUT2D eigenvalue weighted by Gasteiger charge is 2.09. The molecule has 0 atom stereocenters. The summed E-state index contributed by atoms with van der Waals surface area (Å²) in [7, 11) is 0. The molecule has 19 heavy (non-hydrogen) atoms. The minimum Gasteiger partial charge on any atom is -0.294 e. The first-order chi connectivity index (χ1) is 9.15. The Kier molecular flexibility index (Phi) is 2.83. The van der Waals surface area contributed by atoms with Crippen molar-refractivity contribution in [2.24, 2.45) is 0 Å². The standard InChI is InChI=1S/C14H11N3OS/c1-8-11(9(2)18)7-16-14(17-8)10-5-13-12(15-6-10)3-4-19-13/h3-7H,1-2H3. The predicted octanol–water partition coefficient (Wildman–Crippen LogP) is 3.26. The third kappa shape index (κ3) is 2.13. The third-order valence-corrected chi connectivity index (χ3v) is 3.77. The van der Waals surface area contributed by atoms with E-state index in [9.17, 15) is 4.79 Å². The maximum atomic E-state index is 11.4. The summed E-state index contributed by atoms with van der Waals surface area (Å²) in [6, 6.07) is 4.00. The number of hydrogen-bond donors (Lipinski definition) is 0. The maximum Gasteiger partial charge on any atom is 0.163 e. The number of pyridine rings is 1. The van der Waals surface area contributed by atoms with Crippen LogP contribution in [0.15, 0.2) is 29.9 Å². The van der Waals surface area contributed by atoms with Gasteiger partial charge >= 0.3 is 0 Å². The molecule has 0 aliphatic rings. The van der Waals surface area contributed by atoms with Crippen LogP contribution in [0, 0.1) is 6.92 Å². The van der Waals surface area contributed by atoms with Gasteiger partial charge in [-0.2, -0.15) is 0 Å². The molecule has 3 heterocycles. The Morgan fingerprint density at radius 2 is 2.11 bits per heavy atom. The first-order valence-electron chi connectivity index (χ1n) is 5.83. The highest BCUT2D eigenvalue weighted by Crippen LogP contribution is 2.24. The molecule has 0 N–H and O–H groups in total. The van der Waals surface area contributed by atoms with Gasteiger partial charge in [0.15, 0.2) is 11.6 Å². The van der Waals surface area contributed by atoms with Crippen LogP contribution in [0.5, 0.6) is 0 Å². The molecule has 0 aromatic carbocycles. The summed E-state index contributed by atoms with van der Waals surface area (Å²) in [4.78, 5) is 24.4. The van der Waals surface area contributed by atoms with Crippen molar-refractivity contribution in [2.75, 3.05) is 0 Å². The van der Waals surface area contributed by atoms with E-state index in [-0.39, 0.29) is 5.78 Å². The summed E-state index contributed by atoms with van der Waals surface area (Å²) in [6.45, 7) is 3.34. The normalized spacial score (nSPS) is 10.8. The molecule has 0 bridgehead atoms. The highest BCUT2D eigenvalue weighted by atomic mass is 32.1. The van der Waals surface area contributed by atoms with Crippen molar-refractivity contribution in [3.63, 3.8) is 0 Å². The Morgan fingerprint density at radius 3 is 2.84 bits per heavy atom. The van der Waals surface area contributed by atoms with Crippen LogP contribution < -0.4 is 0 Å². The number of ketones is 1. The van der Waals surface area contributed by atoms with Gasteiger partial charge in [0.25, 0.3) is 0 Å². The Labute approximate surface area is 114 Å². The molecular weight excluding hydrogens is 258 g/mol. The lowest BCUT2D eigenvalue weighted by Crippen LogP contribution is -2.02. The number of carbonyl (C=O) groups excluding carboxylic acids is 1. The summed E-state index contributed by atoms with van der Waals surface area (Å²) in [5, 5.41) is 2.01. The molecule has 3 rings (SSSR count). The molecule has 3 aromatic heterocycles. The minimum atomic E-state index is -0.0177. The molecule has 4 nitrogen and oxygen atoms in total. The average molecular weight is 269 g/mol. The van der Waals surface area contributed by atoms with Gasteiger partial charge in [-0.25, -0.2) is 9.97 Å². The molecule has 0 saturated carbocycles. The van der Waals surface area contributed by atoms with E-state index >= 15 is 0 Å². The van der Waals surface area contributed by atoms with Crippen molar-refractivity contribution in [1.82, 2.24) is 15.0 Å². The maximum absolute atomic E-state index is 11.4. The molecule has 0 fully saturated rings. The minimum absolute atomic E-state index is 0.0177. The lowest BCUT2D eigenvalue weighted by molar-refractivity contribution is 0.101. The molecule has 0 amide bonds. The topological polar surface area (TPSA) is 55.7 Å². The van der Waals surface area contributed by atoms with Crippen LogP contribution >= 0.6 is 11.3 Å². The van der Waals surface area contributed by atoms with Crippen LogP contribution in [0.2, 0.25) is 0 Å². The monoisotopic (exact) mass is 269 g/mol. The number of thiophene rings is 1. The van der Waals surface area contributed by atoms with E-state index in [0.29, 0.717) is 17.1 Å². The van der Waals surface area contributed by atoms with Gasteiger partial charge in [-0.3, -0.25) is 9.78 Å². The number of hydrogen-bond acceptors (Lipinski definition) is 5. The average Bonchev–Trinajstić information content (AvgIpc) is 2.85. The van der Waals surface area contributed by atoms with Crippen molar-refractivity contribution < 1.29 is 4.79 Å². The summed E-state index contributed by atoms with van der Waals surface area (Å²) in [5.74, 6) is 0.584. The van der Waals surface area contributed by atoms with Crippen LogP contribution in [0.25, 0.3) is 21.6 Å². The van der Waals surface area contributed by atoms with Gasteiger partial charge in [0.05, 0.1) is 21.5 Å². The van der Waals surface area contributed by atoms with Crippen molar-refractivity contribution in [3.05, 3.63) is 41.2 Å². The van der Waals surface area contributed by atoms with Crippen molar-refractivity contribution in [2.45, 2.75) is 13.8 Å². The van der Waals surface area contributed by atoms with E-state index in [0.717, 1.165) is 15.8 Å². The second-order valence-electron chi connectivity index (χ2n) is 4.28. The molecule has 0 radical (unpaired) electrons. The van der Waals surface area contributed by atoms with E-state index in [2.05, 4.69) is 15.0 Å². The molecule has 0 spiro atoms. The van der Waals surface area contributed by atoms with Crippen LogP contribution in [0.4, 0.5) is 0 Å². The molecule has 94 valence electrons. The van der Waals surface area contributed by atoms with E-state index in [1.54, 1.807) is 23.7 Å². The number of fused-ring (bicyclic) bond motifs is 1. The summed E-state index contributed by atoms with van der Waals surface area (Å²) < 4.78 is 1.11. The van der Waals surface area contributed by atoms with E-state index in [1.165, 1.54) is 6.92 Å². The van der Waals surface area contributed by atoms with Gasteiger partial charge < -0.3 is 0 Å². The summed E-state index contributed by atoms with van der Waals surface area (Å²) in [5.41, 5.74) is 3.11. The molecular formula is C14H11N3OS. The van der Waals surface area contributed by atoms with Crippen LogP contribution in [-0.2, 0) is 0 Å². The van der Waals surface area contributed by atoms with Crippen LogP contribution in [0.1, 0.15) is 23.0 Å². The SMILES string of the molecule is CC(=O)c1cnc(-c2cnc3ccsc3c2)nc1C. The fraction of sp³-hybridized carbons (Fsp3) is 0.143. The first kappa shape index (κ1) is 11.9. The Bertz CT molecular complexity index is 779. The van der Waals surface area contributed by atoms with Crippen LogP contribution in [-0.4, -0.2) is 20.7 Å². The number of carbonyl (C=O) groups is 1. The number of aromatic nitrogens is 3. The van der Waals surface area contributed by atoms with Gasteiger partial charge in [0.1, 0.15) is 0 Å². The number of nitrogens with zero attached hydrogens (tertiary/aromatic N) is 3. The van der Waals surface area contributed by atoms with Crippen molar-refractivity contribution >= 4 is 27.3 Å². The Hall–Kier alpha value is -2.14. The molecule has 0 aliphatic heterocycles. The zero-order valence-corrected chi connectivity index (χ0v) is 11.4. The largest absolute Gasteiger partial charge is 0.294 e. The van der Waals surface area contributed by atoms with Gasteiger partial charge in [0.2, 0.25) is 0 Å². The van der Waals surface area contributed by atoms with E-state index < -0.39 is 0 Å². The smallest absolute Gasteiger partial charge is 0.163 e. The van der Waals surface area contributed by atoms with Gasteiger partial charge in [-0.05, 0) is 31.4 Å². The van der Waals surface area contributed by atoms with Gasteiger partial charge in [-0.1, -0.05) is 0 Å². The summed E-state index contributed by atoms with van der Waals surface area (Å²) in [6.07, 6.45) is 3.34. The Balaban J connectivity index is 2.10. The zero-order chi connectivity index (χ0) is 13.4. The number of rotatable bonds is 2. The van der Waals surface area contributed by atoms with Crippen LogP contribution in [0.3, 0.4) is 0 Å². The Morgan fingerprint density at radius 1 is 1.26 bits per heavy atom. The number of Topliss-reactive ketones (excluding diaryl/α,β-unsaturated/α-hetero) is 1. The van der Waals surface area contributed by atoms with E-state index in [4.69, 9.17) is 0 Å². The van der Waals surface area contributed by atoms with Crippen molar-refractivity contribution in [3.8, 4) is 11.4 Å². The van der Waals surface area contributed by atoms with Crippen molar-refractivity contribution in [1.29, 1.82) is 0 Å². The lowest BCUT2D eigenvalue weighted by Gasteiger charge is -2.04. The third-order valence-electron chi connectivity index (χ3n) is 2.92. The highest BCUT2D eigenvalue weighted by molar-refractivity contribution is 7.17. The fourth-order valence-corrected chi connectivity index (χ4v) is 2.70. The van der Waals surface area contributed by atoms with E-state index in [1.807, 2.05) is 24.4 Å². The second-order valence-corrected chi connectivity index (χ2v) is 5.22. The second kappa shape index (κ2) is 4.51. The summed E-state index contributed by atoms with van der Waals surface area (Å²) >= 11 is 1.64. The molecule has 0 aliphatic carbocycles. The quantitative estimate of drug-likeness (QED) is 0.670. The number of aryl methyl sites for hydroxylation is 1. The molecule has 0 saturated heterocycles. The fourth-order valence-electron chi connectivity index (χ4n) is 1.92. The van der Waals surface area contributed by atoms with Gasteiger partial charge in [0, 0.05) is 18.0 Å². The zero-order valence-electron chi connectivity index (χ0n) is 10.5. The molecule has 3 aromatic rings. The van der Waals surface area contributed by atoms with Gasteiger partial charge in [-0.15, -0.1) is 11.3 Å². The molecule has 5 heteroatoms. The lowest BCUT2D eigenvalue weighted by atomic mass is 10.1. The molecule has 0 unspecified atom stereocenters. The first-order valence-corrected chi connectivity index (χ1v) is 6.71.